The van der Waals surface area contributed by atoms with Gasteiger partial charge in [0, 0.05) is 18.8 Å². The summed E-state index contributed by atoms with van der Waals surface area (Å²) >= 11 is 0. The number of rotatable bonds is 4. The van der Waals surface area contributed by atoms with Crippen molar-refractivity contribution in [3.63, 3.8) is 0 Å². The molecule has 0 bridgehead atoms. The van der Waals surface area contributed by atoms with Gasteiger partial charge in [-0.1, -0.05) is 35.9 Å². The monoisotopic (exact) mass is 326 g/mol. The number of hydrogen-bond donors (Lipinski definition) is 1. The molecule has 24 heavy (non-hydrogen) atoms. The van der Waals surface area contributed by atoms with Gasteiger partial charge in [0.15, 0.2) is 0 Å². The van der Waals surface area contributed by atoms with Crippen molar-refractivity contribution < 1.29 is 9.18 Å². The van der Waals surface area contributed by atoms with Crippen molar-refractivity contribution in [2.75, 3.05) is 18.4 Å². The summed E-state index contributed by atoms with van der Waals surface area (Å²) in [7, 11) is 0. The molecule has 1 saturated heterocycles. The first-order valence-corrected chi connectivity index (χ1v) is 8.44. The van der Waals surface area contributed by atoms with E-state index in [9.17, 15) is 9.18 Å². The van der Waals surface area contributed by atoms with Gasteiger partial charge in [0.2, 0.25) is 5.91 Å². The molecule has 3 nitrogen and oxygen atoms in total. The lowest BCUT2D eigenvalue weighted by atomic mass is 9.96. The molecule has 0 spiro atoms. The molecule has 1 fully saturated rings. The number of amides is 1. The molecule has 2 aromatic carbocycles. The number of hydrogen-bond acceptors (Lipinski definition) is 2. The predicted molar refractivity (Wildman–Crippen MR) is 94.2 cm³/mol. The van der Waals surface area contributed by atoms with Gasteiger partial charge in [-0.05, 0) is 50.1 Å². The average Bonchev–Trinajstić information content (AvgIpc) is 2.57. The van der Waals surface area contributed by atoms with Crippen molar-refractivity contribution >= 4 is 11.6 Å². The Morgan fingerprint density at radius 1 is 1.25 bits per heavy atom. The molecule has 0 aromatic heterocycles. The van der Waals surface area contributed by atoms with Crippen LogP contribution in [0.15, 0.2) is 48.5 Å². The maximum atomic E-state index is 13.2. The molecule has 1 unspecified atom stereocenters. The molecule has 1 amide bonds. The molecule has 1 atom stereocenters. The van der Waals surface area contributed by atoms with Crippen LogP contribution in [0.5, 0.6) is 0 Å². The third-order valence-corrected chi connectivity index (χ3v) is 4.50. The van der Waals surface area contributed by atoms with Gasteiger partial charge in [-0.3, -0.25) is 9.69 Å². The van der Waals surface area contributed by atoms with E-state index in [1.807, 2.05) is 0 Å². The zero-order valence-electron chi connectivity index (χ0n) is 14.0. The highest BCUT2D eigenvalue weighted by molar-refractivity contribution is 5.92. The van der Waals surface area contributed by atoms with Gasteiger partial charge in [-0.15, -0.1) is 0 Å². The smallest absolute Gasteiger partial charge is 0.228 e. The van der Waals surface area contributed by atoms with E-state index in [2.05, 4.69) is 41.4 Å². The van der Waals surface area contributed by atoms with Gasteiger partial charge in [-0.2, -0.15) is 0 Å². The average molecular weight is 326 g/mol. The number of nitrogens with one attached hydrogen (secondary N) is 1. The normalized spacial score (nSPS) is 18.3. The minimum absolute atomic E-state index is 0.0193. The number of piperidine rings is 1. The highest BCUT2D eigenvalue weighted by Gasteiger charge is 2.25. The van der Waals surface area contributed by atoms with Crippen molar-refractivity contribution in [2.45, 2.75) is 26.3 Å². The number of benzene rings is 2. The second-order valence-corrected chi connectivity index (χ2v) is 6.56. The second kappa shape index (κ2) is 7.58. The molecule has 2 aromatic rings. The molecule has 126 valence electrons. The highest BCUT2D eigenvalue weighted by Crippen LogP contribution is 2.21. The first kappa shape index (κ1) is 16.7. The lowest BCUT2D eigenvalue weighted by molar-refractivity contribution is -0.121. The van der Waals surface area contributed by atoms with Crippen molar-refractivity contribution in [1.82, 2.24) is 4.90 Å². The standard InChI is InChI=1S/C20H23FN2O/c1-15-7-9-16(10-8-15)13-23-11-3-4-17(14-23)20(24)22-19-6-2-5-18(21)12-19/h2,5-10,12,17H,3-4,11,13-14H2,1H3,(H,22,24). The molecule has 0 saturated carbocycles. The third kappa shape index (κ3) is 4.42. The van der Waals surface area contributed by atoms with Gasteiger partial charge >= 0.3 is 0 Å². The molecule has 1 aliphatic heterocycles. The van der Waals surface area contributed by atoms with Crippen LogP contribution in [-0.2, 0) is 11.3 Å². The first-order chi connectivity index (χ1) is 11.6. The fraction of sp³-hybridized carbons (Fsp3) is 0.350. The van der Waals surface area contributed by atoms with Gasteiger partial charge < -0.3 is 5.32 Å². The topological polar surface area (TPSA) is 32.3 Å². The van der Waals surface area contributed by atoms with E-state index >= 15 is 0 Å². The first-order valence-electron chi connectivity index (χ1n) is 8.44. The summed E-state index contributed by atoms with van der Waals surface area (Å²) < 4.78 is 13.2. The zero-order chi connectivity index (χ0) is 16.9. The predicted octanol–water partition coefficient (Wildman–Crippen LogP) is 3.98. The lowest BCUT2D eigenvalue weighted by Gasteiger charge is -2.32. The van der Waals surface area contributed by atoms with Crippen molar-refractivity contribution in [1.29, 1.82) is 0 Å². The molecule has 3 rings (SSSR count). The second-order valence-electron chi connectivity index (χ2n) is 6.56. The van der Waals surface area contributed by atoms with E-state index in [0.29, 0.717) is 5.69 Å². The lowest BCUT2D eigenvalue weighted by Crippen LogP contribution is -2.40. The summed E-state index contributed by atoms with van der Waals surface area (Å²) in [5, 5.41) is 2.84. The van der Waals surface area contributed by atoms with Crippen LogP contribution in [-0.4, -0.2) is 23.9 Å². The summed E-state index contributed by atoms with van der Waals surface area (Å²) in [6.45, 7) is 4.70. The molecule has 4 heteroatoms. The Hall–Kier alpha value is -2.20. The number of likely N-dealkylation sites (tertiary alicyclic amines) is 1. The van der Waals surface area contributed by atoms with Crippen LogP contribution < -0.4 is 5.32 Å². The summed E-state index contributed by atoms with van der Waals surface area (Å²) in [4.78, 5) is 14.8. The van der Waals surface area contributed by atoms with Crippen molar-refractivity contribution in [2.24, 2.45) is 5.92 Å². The molecular formula is C20H23FN2O. The highest BCUT2D eigenvalue weighted by atomic mass is 19.1. The minimum Gasteiger partial charge on any atom is -0.326 e. The Morgan fingerprint density at radius 3 is 2.79 bits per heavy atom. The minimum atomic E-state index is -0.336. The number of nitrogens with zero attached hydrogens (tertiary/aromatic N) is 1. The molecule has 1 heterocycles. The van der Waals surface area contributed by atoms with Crippen LogP contribution in [0.25, 0.3) is 0 Å². The van der Waals surface area contributed by atoms with Crippen LogP contribution in [0.1, 0.15) is 24.0 Å². The summed E-state index contributed by atoms with van der Waals surface area (Å²) in [5.74, 6) is -0.404. The van der Waals surface area contributed by atoms with Gasteiger partial charge in [0.1, 0.15) is 5.82 Å². The van der Waals surface area contributed by atoms with E-state index in [0.717, 1.165) is 32.5 Å². The largest absolute Gasteiger partial charge is 0.326 e. The number of aryl methyl sites for hydroxylation is 1. The zero-order valence-corrected chi connectivity index (χ0v) is 14.0. The van der Waals surface area contributed by atoms with Gasteiger partial charge in [-0.25, -0.2) is 4.39 Å². The maximum absolute atomic E-state index is 13.2. The molecule has 0 aliphatic carbocycles. The van der Waals surface area contributed by atoms with Crippen LogP contribution in [0.3, 0.4) is 0 Å². The molecular weight excluding hydrogens is 303 g/mol. The van der Waals surface area contributed by atoms with E-state index in [4.69, 9.17) is 0 Å². The Kier molecular flexibility index (Phi) is 5.26. The number of halogens is 1. The quantitative estimate of drug-likeness (QED) is 0.921. The van der Waals surface area contributed by atoms with E-state index in [1.54, 1.807) is 12.1 Å². The fourth-order valence-corrected chi connectivity index (χ4v) is 3.18. The molecule has 0 radical (unpaired) electrons. The number of carbonyl (C=O) groups excluding carboxylic acids is 1. The summed E-state index contributed by atoms with van der Waals surface area (Å²) in [6, 6.07) is 14.6. The molecule has 1 N–H and O–H groups in total. The van der Waals surface area contributed by atoms with E-state index in [1.165, 1.54) is 23.3 Å². The summed E-state index contributed by atoms with van der Waals surface area (Å²) in [5.41, 5.74) is 3.05. The van der Waals surface area contributed by atoms with E-state index < -0.39 is 0 Å². The van der Waals surface area contributed by atoms with Crippen LogP contribution in [0, 0.1) is 18.7 Å². The number of anilines is 1. The molecule has 1 aliphatic rings. The Morgan fingerprint density at radius 2 is 2.04 bits per heavy atom. The van der Waals surface area contributed by atoms with Crippen LogP contribution in [0.4, 0.5) is 10.1 Å². The van der Waals surface area contributed by atoms with E-state index in [-0.39, 0.29) is 17.6 Å². The van der Waals surface area contributed by atoms with Crippen molar-refractivity contribution in [3.8, 4) is 0 Å². The number of carbonyl (C=O) groups is 1. The maximum Gasteiger partial charge on any atom is 0.228 e. The third-order valence-electron chi connectivity index (χ3n) is 4.50. The SMILES string of the molecule is Cc1ccc(CN2CCCC(C(=O)Nc3cccc(F)c3)C2)cc1. The van der Waals surface area contributed by atoms with Crippen LogP contribution >= 0.6 is 0 Å². The Balaban J connectivity index is 1.58. The Bertz CT molecular complexity index is 699. The fourth-order valence-electron chi connectivity index (χ4n) is 3.18. The Labute approximate surface area is 142 Å². The van der Waals surface area contributed by atoms with Crippen molar-refractivity contribution in [3.05, 3.63) is 65.5 Å². The van der Waals surface area contributed by atoms with Gasteiger partial charge in [0.05, 0.1) is 5.92 Å². The summed E-state index contributed by atoms with van der Waals surface area (Å²) in [6.07, 6.45) is 1.89. The van der Waals surface area contributed by atoms with Gasteiger partial charge in [0.25, 0.3) is 0 Å². The van der Waals surface area contributed by atoms with Crippen LogP contribution in [0.2, 0.25) is 0 Å².